The van der Waals surface area contributed by atoms with Crippen LogP contribution >= 0.6 is 0 Å². The van der Waals surface area contributed by atoms with Gasteiger partial charge >= 0.3 is 6.16 Å². The van der Waals surface area contributed by atoms with E-state index in [1.165, 1.54) is 0 Å². The number of ether oxygens (including phenoxy) is 6. The van der Waals surface area contributed by atoms with E-state index in [0.29, 0.717) is 59.5 Å². The van der Waals surface area contributed by atoms with Crippen molar-refractivity contribution in [2.24, 2.45) is 0 Å². The summed E-state index contributed by atoms with van der Waals surface area (Å²) in [6.07, 6.45) is -0.627. The summed E-state index contributed by atoms with van der Waals surface area (Å²) in [5.41, 5.74) is 0. The van der Waals surface area contributed by atoms with Gasteiger partial charge < -0.3 is 32.8 Å². The van der Waals surface area contributed by atoms with Crippen molar-refractivity contribution in [2.45, 2.75) is 19.6 Å². The van der Waals surface area contributed by atoms with Crippen LogP contribution in [-0.2, 0) is 32.8 Å². The summed E-state index contributed by atoms with van der Waals surface area (Å²) in [5.74, 6) is 0. The first-order valence-electron chi connectivity index (χ1n) is 8.11. The van der Waals surface area contributed by atoms with Gasteiger partial charge in [-0.05, 0) is 19.6 Å². The van der Waals surface area contributed by atoms with Crippen molar-refractivity contribution >= 4 is 14.5 Å². The maximum atomic E-state index is 11.3. The van der Waals surface area contributed by atoms with Gasteiger partial charge in [-0.1, -0.05) is 0 Å². The van der Waals surface area contributed by atoms with Crippen molar-refractivity contribution in [3.63, 3.8) is 0 Å². The summed E-state index contributed by atoms with van der Waals surface area (Å²) in [5, 5.41) is 0. The van der Waals surface area contributed by atoms with Gasteiger partial charge in [0.1, 0.15) is 6.61 Å². The molecule has 0 fully saturated rings. The molecule has 0 aliphatic carbocycles. The number of hydrogen-bond donors (Lipinski definition) is 0. The van der Waals surface area contributed by atoms with Crippen LogP contribution in [0.2, 0.25) is 19.6 Å². The van der Waals surface area contributed by atoms with E-state index in [0.717, 1.165) is 0 Å². The van der Waals surface area contributed by atoms with Crippen molar-refractivity contribution in [1.29, 1.82) is 0 Å². The fraction of sp³-hybridized carbons (Fsp3) is 0.933. The minimum atomic E-state index is -1.89. The molecule has 0 heterocycles. The third kappa shape index (κ3) is 19.3. The molecule has 0 aromatic rings. The lowest BCUT2D eigenvalue weighted by Crippen LogP contribution is -2.30. The molecule has 144 valence electrons. The van der Waals surface area contributed by atoms with E-state index >= 15 is 0 Å². The first kappa shape index (κ1) is 23.3. The van der Waals surface area contributed by atoms with E-state index in [-0.39, 0.29) is 6.61 Å². The highest BCUT2D eigenvalue weighted by atomic mass is 28.4. The predicted octanol–water partition coefficient (Wildman–Crippen LogP) is 1.69. The van der Waals surface area contributed by atoms with E-state index in [1.54, 1.807) is 7.11 Å². The summed E-state index contributed by atoms with van der Waals surface area (Å²) in [6, 6.07) is 0. The van der Waals surface area contributed by atoms with Crippen molar-refractivity contribution in [3.05, 3.63) is 0 Å². The Morgan fingerprint density at radius 1 is 0.667 bits per heavy atom. The van der Waals surface area contributed by atoms with E-state index in [2.05, 4.69) is 0 Å². The zero-order valence-electron chi connectivity index (χ0n) is 15.3. The van der Waals surface area contributed by atoms with Crippen LogP contribution in [-0.4, -0.2) is 87.7 Å². The molecule has 0 unspecified atom stereocenters. The summed E-state index contributed by atoms with van der Waals surface area (Å²) >= 11 is 0. The van der Waals surface area contributed by atoms with E-state index in [9.17, 15) is 4.79 Å². The van der Waals surface area contributed by atoms with Gasteiger partial charge in [0.25, 0.3) is 8.32 Å². The fourth-order valence-corrected chi connectivity index (χ4v) is 1.93. The highest BCUT2D eigenvalue weighted by Crippen LogP contribution is 2.03. The van der Waals surface area contributed by atoms with Crippen LogP contribution in [0.1, 0.15) is 0 Å². The molecular formula is C15H32O8Si. The molecule has 0 bridgehead atoms. The zero-order valence-corrected chi connectivity index (χ0v) is 16.3. The summed E-state index contributed by atoms with van der Waals surface area (Å²) in [4.78, 5) is 11.3. The Labute approximate surface area is 145 Å². The maximum absolute atomic E-state index is 11.3. The van der Waals surface area contributed by atoms with E-state index < -0.39 is 14.5 Å². The molecule has 0 saturated heterocycles. The van der Waals surface area contributed by atoms with Gasteiger partial charge in [0.05, 0.1) is 59.5 Å². The van der Waals surface area contributed by atoms with Crippen LogP contribution in [0.3, 0.4) is 0 Å². The van der Waals surface area contributed by atoms with E-state index in [4.69, 9.17) is 32.8 Å². The summed E-state index contributed by atoms with van der Waals surface area (Å²) in [7, 11) is -0.255. The Kier molecular flexibility index (Phi) is 15.3. The van der Waals surface area contributed by atoms with Crippen LogP contribution in [0.5, 0.6) is 0 Å². The molecular weight excluding hydrogens is 336 g/mol. The molecule has 0 aromatic carbocycles. The first-order valence-corrected chi connectivity index (χ1v) is 11.5. The average Bonchev–Trinajstić information content (AvgIpc) is 2.49. The first-order chi connectivity index (χ1) is 11.5. The second-order valence-corrected chi connectivity index (χ2v) is 10.2. The number of carbonyl (C=O) groups is 1. The van der Waals surface area contributed by atoms with Gasteiger partial charge in [0.15, 0.2) is 0 Å². The van der Waals surface area contributed by atoms with Crippen LogP contribution in [0.15, 0.2) is 0 Å². The van der Waals surface area contributed by atoms with Gasteiger partial charge in [-0.25, -0.2) is 4.79 Å². The van der Waals surface area contributed by atoms with Crippen molar-refractivity contribution in [3.8, 4) is 0 Å². The van der Waals surface area contributed by atoms with Gasteiger partial charge in [0, 0.05) is 7.11 Å². The average molecular weight is 368 g/mol. The summed E-state index contributed by atoms with van der Waals surface area (Å²) in [6.45, 7) is 10.4. The third-order valence-electron chi connectivity index (χ3n) is 2.38. The van der Waals surface area contributed by atoms with Crippen LogP contribution in [0.4, 0.5) is 4.79 Å². The molecule has 0 amide bonds. The lowest BCUT2D eigenvalue weighted by atomic mass is 10.7. The standard InChI is InChI=1S/C15H32O8Si/c1-17-5-6-18-7-8-19-9-10-20-11-12-21-13-14-22-15(16)23-24(2,3)4/h5-14H2,1-4H3. The molecule has 8 nitrogen and oxygen atoms in total. The molecule has 0 atom stereocenters. The minimum absolute atomic E-state index is 0.176. The smallest absolute Gasteiger partial charge is 0.490 e. The van der Waals surface area contributed by atoms with Crippen LogP contribution in [0, 0.1) is 0 Å². The van der Waals surface area contributed by atoms with E-state index in [1.807, 2.05) is 19.6 Å². The fourth-order valence-electron chi connectivity index (χ4n) is 1.37. The Bertz CT molecular complexity index is 296. The SMILES string of the molecule is COCCOCCOCCOCCOCCOC(=O)O[Si](C)(C)C. The van der Waals surface area contributed by atoms with Crippen LogP contribution in [0.25, 0.3) is 0 Å². The minimum Gasteiger partial charge on any atom is -0.490 e. The van der Waals surface area contributed by atoms with Gasteiger partial charge in [0.2, 0.25) is 0 Å². The molecule has 9 heteroatoms. The Morgan fingerprint density at radius 3 is 1.42 bits per heavy atom. The quantitative estimate of drug-likeness (QED) is 0.231. The van der Waals surface area contributed by atoms with Crippen molar-refractivity contribution < 1.29 is 37.6 Å². The molecule has 0 aliphatic heterocycles. The molecule has 24 heavy (non-hydrogen) atoms. The molecule has 0 aliphatic rings. The van der Waals surface area contributed by atoms with Gasteiger partial charge in [-0.3, -0.25) is 0 Å². The molecule has 0 rings (SSSR count). The Balaban J connectivity index is 3.14. The molecule has 0 aromatic heterocycles. The summed E-state index contributed by atoms with van der Waals surface area (Å²) < 4.78 is 36.1. The Hall–Kier alpha value is -0.713. The zero-order chi connectivity index (χ0) is 18.1. The number of rotatable bonds is 16. The number of methoxy groups -OCH3 is 1. The lowest BCUT2D eigenvalue weighted by Gasteiger charge is -2.16. The van der Waals surface area contributed by atoms with Crippen molar-refractivity contribution in [2.75, 3.05) is 73.2 Å². The number of carbonyl (C=O) groups excluding carboxylic acids is 1. The monoisotopic (exact) mass is 368 g/mol. The molecule has 0 radical (unpaired) electrons. The predicted molar refractivity (Wildman–Crippen MR) is 90.9 cm³/mol. The second kappa shape index (κ2) is 15.8. The second-order valence-electron chi connectivity index (χ2n) is 5.76. The Morgan fingerprint density at radius 2 is 1.04 bits per heavy atom. The third-order valence-corrected chi connectivity index (χ3v) is 3.16. The van der Waals surface area contributed by atoms with Gasteiger partial charge in [-0.15, -0.1) is 0 Å². The van der Waals surface area contributed by atoms with Gasteiger partial charge in [-0.2, -0.15) is 0 Å². The topological polar surface area (TPSA) is 81.7 Å². The lowest BCUT2D eigenvalue weighted by molar-refractivity contribution is -0.0125. The van der Waals surface area contributed by atoms with Crippen LogP contribution < -0.4 is 0 Å². The molecule has 0 N–H and O–H groups in total. The molecule has 0 saturated carbocycles. The molecule has 0 spiro atoms. The number of hydrogen-bond acceptors (Lipinski definition) is 8. The largest absolute Gasteiger partial charge is 0.494 e. The maximum Gasteiger partial charge on any atom is 0.494 e. The highest BCUT2D eigenvalue weighted by molar-refractivity contribution is 6.71. The highest BCUT2D eigenvalue weighted by Gasteiger charge is 2.20. The normalized spacial score (nSPS) is 11.5. The van der Waals surface area contributed by atoms with Crippen molar-refractivity contribution in [1.82, 2.24) is 0 Å².